The number of carbonyl (C=O) groups is 1. The van der Waals surface area contributed by atoms with Gasteiger partial charge in [0.15, 0.2) is 0 Å². The zero-order valence-corrected chi connectivity index (χ0v) is 10.4. The second-order valence-electron chi connectivity index (χ2n) is 6.25. The molecule has 0 aromatic carbocycles. The molecule has 0 spiro atoms. The predicted molar refractivity (Wildman–Crippen MR) is 61.7 cm³/mol. The number of aliphatic carboxylic acids is 1. The lowest BCUT2D eigenvalue weighted by Gasteiger charge is -2.39. The molecule has 0 radical (unpaired) electrons. The van der Waals surface area contributed by atoms with Gasteiger partial charge >= 0.3 is 5.97 Å². The van der Waals surface area contributed by atoms with E-state index in [2.05, 4.69) is 20.8 Å². The average Bonchev–Trinajstić information content (AvgIpc) is 1.99. The van der Waals surface area contributed by atoms with Crippen LogP contribution in [0.3, 0.4) is 0 Å². The fourth-order valence-corrected chi connectivity index (χ4v) is 3.32. The summed E-state index contributed by atoms with van der Waals surface area (Å²) >= 11 is 0. The summed E-state index contributed by atoms with van der Waals surface area (Å²) in [5, 5.41) is 8.91. The quantitative estimate of drug-likeness (QED) is 0.776. The summed E-state index contributed by atoms with van der Waals surface area (Å²) in [6.45, 7) is 8.73. The molecule has 0 heterocycles. The number of hydrogen-bond acceptors (Lipinski definition) is 1. The van der Waals surface area contributed by atoms with Gasteiger partial charge in [-0.05, 0) is 42.9 Å². The minimum Gasteiger partial charge on any atom is -0.481 e. The number of carboxylic acid groups (broad SMARTS) is 1. The van der Waals surface area contributed by atoms with Gasteiger partial charge in [-0.15, -0.1) is 0 Å². The SMILES string of the molecule is CC(C[C@@H]1C[C@H](C)CC(C)(C)C1)C(=O)O. The Morgan fingerprint density at radius 3 is 2.53 bits per heavy atom. The van der Waals surface area contributed by atoms with E-state index in [-0.39, 0.29) is 5.92 Å². The van der Waals surface area contributed by atoms with Crippen LogP contribution >= 0.6 is 0 Å². The Labute approximate surface area is 93.1 Å². The van der Waals surface area contributed by atoms with Gasteiger partial charge in [-0.25, -0.2) is 0 Å². The van der Waals surface area contributed by atoms with Gasteiger partial charge in [0.1, 0.15) is 0 Å². The third-order valence-electron chi connectivity index (χ3n) is 3.59. The van der Waals surface area contributed by atoms with E-state index < -0.39 is 5.97 Å². The lowest BCUT2D eigenvalue weighted by Crippen LogP contribution is -2.29. The summed E-state index contributed by atoms with van der Waals surface area (Å²) in [6, 6.07) is 0. The van der Waals surface area contributed by atoms with Gasteiger partial charge in [-0.2, -0.15) is 0 Å². The summed E-state index contributed by atoms with van der Waals surface area (Å²) in [7, 11) is 0. The lowest BCUT2D eigenvalue weighted by atomic mass is 9.66. The molecular weight excluding hydrogens is 188 g/mol. The van der Waals surface area contributed by atoms with Crippen LogP contribution in [0.1, 0.15) is 53.4 Å². The summed E-state index contributed by atoms with van der Waals surface area (Å²) in [6.07, 6.45) is 4.53. The van der Waals surface area contributed by atoms with Crippen molar-refractivity contribution in [3.8, 4) is 0 Å². The minimum atomic E-state index is -0.647. The van der Waals surface area contributed by atoms with E-state index in [4.69, 9.17) is 5.11 Å². The highest BCUT2D eigenvalue weighted by Gasteiger charge is 2.33. The van der Waals surface area contributed by atoms with Gasteiger partial charge < -0.3 is 5.11 Å². The molecule has 1 rings (SSSR count). The molecule has 0 amide bonds. The molecule has 3 atom stereocenters. The van der Waals surface area contributed by atoms with Crippen LogP contribution < -0.4 is 0 Å². The highest BCUT2D eigenvalue weighted by molar-refractivity contribution is 5.69. The topological polar surface area (TPSA) is 37.3 Å². The van der Waals surface area contributed by atoms with Crippen LogP contribution in [0, 0.1) is 23.2 Å². The molecule has 1 aliphatic carbocycles. The number of carboxylic acids is 1. The van der Waals surface area contributed by atoms with Crippen molar-refractivity contribution in [2.45, 2.75) is 53.4 Å². The Balaban J connectivity index is 2.52. The van der Waals surface area contributed by atoms with Crippen LogP contribution in [0.25, 0.3) is 0 Å². The Kier molecular flexibility index (Phi) is 3.80. The van der Waals surface area contributed by atoms with Crippen molar-refractivity contribution in [3.05, 3.63) is 0 Å². The van der Waals surface area contributed by atoms with Crippen molar-refractivity contribution in [3.63, 3.8) is 0 Å². The molecule has 15 heavy (non-hydrogen) atoms. The van der Waals surface area contributed by atoms with Gasteiger partial charge in [-0.3, -0.25) is 4.79 Å². The van der Waals surface area contributed by atoms with Crippen molar-refractivity contribution >= 4 is 5.97 Å². The van der Waals surface area contributed by atoms with Crippen LogP contribution in [0.15, 0.2) is 0 Å². The van der Waals surface area contributed by atoms with Gasteiger partial charge in [0.2, 0.25) is 0 Å². The molecule has 0 saturated heterocycles. The maximum absolute atomic E-state index is 10.8. The molecule has 1 unspecified atom stereocenters. The van der Waals surface area contributed by atoms with Crippen LogP contribution in [0.2, 0.25) is 0 Å². The largest absolute Gasteiger partial charge is 0.481 e. The maximum atomic E-state index is 10.8. The van der Waals surface area contributed by atoms with E-state index in [1.807, 2.05) is 6.92 Å². The molecule has 1 N–H and O–H groups in total. The van der Waals surface area contributed by atoms with Crippen molar-refractivity contribution in [1.29, 1.82) is 0 Å². The molecule has 88 valence electrons. The summed E-state index contributed by atoms with van der Waals surface area (Å²) in [5.74, 6) is 0.525. The molecule has 1 fully saturated rings. The fraction of sp³-hybridized carbons (Fsp3) is 0.923. The molecule has 0 bridgehead atoms. The second-order valence-corrected chi connectivity index (χ2v) is 6.25. The zero-order chi connectivity index (χ0) is 11.6. The van der Waals surface area contributed by atoms with Gasteiger partial charge in [-0.1, -0.05) is 27.7 Å². The number of rotatable bonds is 3. The molecule has 1 saturated carbocycles. The second kappa shape index (κ2) is 4.54. The predicted octanol–water partition coefficient (Wildman–Crippen LogP) is 3.56. The number of hydrogen-bond donors (Lipinski definition) is 1. The first-order chi connectivity index (χ1) is 6.80. The first-order valence-corrected chi connectivity index (χ1v) is 6.03. The van der Waals surface area contributed by atoms with E-state index >= 15 is 0 Å². The van der Waals surface area contributed by atoms with Gasteiger partial charge in [0.25, 0.3) is 0 Å². The molecule has 0 aliphatic heterocycles. The van der Waals surface area contributed by atoms with Crippen LogP contribution in [-0.2, 0) is 4.79 Å². The molecule has 1 aliphatic rings. The van der Waals surface area contributed by atoms with E-state index in [1.54, 1.807) is 0 Å². The molecule has 2 heteroatoms. The highest BCUT2D eigenvalue weighted by atomic mass is 16.4. The molecule has 0 aromatic heterocycles. The monoisotopic (exact) mass is 212 g/mol. The third kappa shape index (κ3) is 3.84. The summed E-state index contributed by atoms with van der Waals surface area (Å²) in [5.41, 5.74) is 0.403. The zero-order valence-electron chi connectivity index (χ0n) is 10.4. The molecular formula is C13H24O2. The maximum Gasteiger partial charge on any atom is 0.306 e. The van der Waals surface area contributed by atoms with Crippen molar-refractivity contribution < 1.29 is 9.90 Å². The lowest BCUT2D eigenvalue weighted by molar-refractivity contribution is -0.142. The standard InChI is InChI=1S/C13H24O2/c1-9-5-11(6-10(2)12(14)15)8-13(3,4)7-9/h9-11H,5-8H2,1-4H3,(H,14,15)/t9-,10?,11-/m0/s1. The highest BCUT2D eigenvalue weighted by Crippen LogP contribution is 2.43. The average molecular weight is 212 g/mol. The van der Waals surface area contributed by atoms with Crippen LogP contribution in [0.5, 0.6) is 0 Å². The normalized spacial score (nSPS) is 32.3. The summed E-state index contributed by atoms with van der Waals surface area (Å²) in [4.78, 5) is 10.8. The fourth-order valence-electron chi connectivity index (χ4n) is 3.32. The Bertz CT molecular complexity index is 233. The summed E-state index contributed by atoms with van der Waals surface area (Å²) < 4.78 is 0. The van der Waals surface area contributed by atoms with E-state index in [1.165, 1.54) is 19.3 Å². The van der Waals surface area contributed by atoms with Crippen molar-refractivity contribution in [2.24, 2.45) is 23.2 Å². The molecule has 2 nitrogen and oxygen atoms in total. The smallest absolute Gasteiger partial charge is 0.306 e. The van der Waals surface area contributed by atoms with E-state index in [0.29, 0.717) is 11.3 Å². The van der Waals surface area contributed by atoms with E-state index in [9.17, 15) is 4.79 Å². The first kappa shape index (κ1) is 12.5. The Hall–Kier alpha value is -0.530. The Morgan fingerprint density at radius 2 is 2.07 bits per heavy atom. The molecule has 0 aromatic rings. The van der Waals surface area contributed by atoms with Crippen LogP contribution in [0.4, 0.5) is 0 Å². The van der Waals surface area contributed by atoms with Gasteiger partial charge in [0.05, 0.1) is 5.92 Å². The third-order valence-corrected chi connectivity index (χ3v) is 3.59. The first-order valence-electron chi connectivity index (χ1n) is 6.03. The van der Waals surface area contributed by atoms with Crippen molar-refractivity contribution in [1.82, 2.24) is 0 Å². The van der Waals surface area contributed by atoms with Gasteiger partial charge in [0, 0.05) is 0 Å². The van der Waals surface area contributed by atoms with Crippen LogP contribution in [-0.4, -0.2) is 11.1 Å². The van der Waals surface area contributed by atoms with E-state index in [0.717, 1.165) is 12.3 Å². The Morgan fingerprint density at radius 1 is 1.47 bits per heavy atom. The van der Waals surface area contributed by atoms with Crippen molar-refractivity contribution in [2.75, 3.05) is 0 Å². The minimum absolute atomic E-state index is 0.184.